The molecule has 0 saturated carbocycles. The number of esters is 1. The van der Waals surface area contributed by atoms with E-state index < -0.39 is 11.9 Å². The minimum Gasteiger partial charge on any atom is -0.493 e. The van der Waals surface area contributed by atoms with Gasteiger partial charge in [-0.3, -0.25) is 4.79 Å². The number of carbonyl (C=O) groups is 2. The molecule has 0 atom stereocenters. The number of halogens is 1. The topological polar surface area (TPSA) is 64.6 Å². The fraction of sp³-hybridized carbons (Fsp3) is 0.125. The zero-order valence-electron chi connectivity index (χ0n) is 11.8. The summed E-state index contributed by atoms with van der Waals surface area (Å²) in [6.07, 6.45) is 0. The second kappa shape index (κ2) is 7.47. The fourth-order valence-corrected chi connectivity index (χ4v) is 1.94. The Balaban J connectivity index is 1.91. The molecule has 114 valence electrons. The lowest BCUT2D eigenvalue weighted by molar-refractivity contribution is -0.133. The summed E-state index contributed by atoms with van der Waals surface area (Å²) >= 11 is 5.81. The molecule has 0 spiro atoms. The number of carbonyl (C=O) groups excluding carboxylic acids is 2. The van der Waals surface area contributed by atoms with Crippen LogP contribution in [0.1, 0.15) is 10.4 Å². The van der Waals surface area contributed by atoms with Crippen molar-refractivity contribution in [2.45, 2.75) is 0 Å². The van der Waals surface area contributed by atoms with Crippen molar-refractivity contribution >= 4 is 23.5 Å². The summed E-state index contributed by atoms with van der Waals surface area (Å²) in [5.74, 6) is -0.261. The van der Waals surface area contributed by atoms with E-state index in [-0.39, 0.29) is 6.54 Å². The van der Waals surface area contributed by atoms with Gasteiger partial charge in [-0.1, -0.05) is 29.8 Å². The first-order valence-corrected chi connectivity index (χ1v) is 6.85. The molecule has 22 heavy (non-hydrogen) atoms. The highest BCUT2D eigenvalue weighted by Gasteiger charge is 2.12. The van der Waals surface area contributed by atoms with Crippen LogP contribution in [0.25, 0.3) is 0 Å². The number of hydrogen-bond acceptors (Lipinski definition) is 4. The van der Waals surface area contributed by atoms with Crippen molar-refractivity contribution in [3.8, 4) is 11.5 Å². The van der Waals surface area contributed by atoms with E-state index in [4.69, 9.17) is 21.1 Å². The summed E-state index contributed by atoms with van der Waals surface area (Å²) in [7, 11) is 1.48. The molecule has 2 rings (SSSR count). The van der Waals surface area contributed by atoms with Crippen LogP contribution in [-0.4, -0.2) is 25.5 Å². The molecule has 0 saturated heterocycles. The van der Waals surface area contributed by atoms with E-state index in [9.17, 15) is 9.59 Å². The Morgan fingerprint density at radius 2 is 1.82 bits per heavy atom. The molecule has 0 radical (unpaired) electrons. The minimum atomic E-state index is -0.597. The predicted octanol–water partition coefficient (Wildman–Crippen LogP) is 2.68. The zero-order valence-corrected chi connectivity index (χ0v) is 12.6. The maximum absolute atomic E-state index is 11.9. The van der Waals surface area contributed by atoms with Crippen LogP contribution in [-0.2, 0) is 4.79 Å². The van der Waals surface area contributed by atoms with Gasteiger partial charge < -0.3 is 14.8 Å². The van der Waals surface area contributed by atoms with Crippen molar-refractivity contribution in [2.75, 3.05) is 13.7 Å². The van der Waals surface area contributed by atoms with Crippen LogP contribution < -0.4 is 14.8 Å². The van der Waals surface area contributed by atoms with E-state index in [2.05, 4.69) is 5.32 Å². The van der Waals surface area contributed by atoms with Crippen molar-refractivity contribution in [1.82, 2.24) is 5.32 Å². The molecule has 0 aliphatic carbocycles. The van der Waals surface area contributed by atoms with Gasteiger partial charge in [-0.2, -0.15) is 0 Å². The number of benzene rings is 2. The molecule has 2 aromatic carbocycles. The molecule has 5 nitrogen and oxygen atoms in total. The molecule has 0 unspecified atom stereocenters. The molecule has 0 bridgehead atoms. The highest BCUT2D eigenvalue weighted by atomic mass is 35.5. The first-order valence-electron chi connectivity index (χ1n) is 6.47. The quantitative estimate of drug-likeness (QED) is 0.680. The van der Waals surface area contributed by atoms with E-state index in [1.54, 1.807) is 42.5 Å². The summed E-state index contributed by atoms with van der Waals surface area (Å²) in [5.41, 5.74) is 0.373. The average molecular weight is 320 g/mol. The third kappa shape index (κ3) is 4.23. The Hall–Kier alpha value is -2.53. The van der Waals surface area contributed by atoms with Gasteiger partial charge in [0.2, 0.25) is 0 Å². The van der Waals surface area contributed by atoms with Gasteiger partial charge in [0, 0.05) is 10.6 Å². The van der Waals surface area contributed by atoms with Gasteiger partial charge in [0.25, 0.3) is 5.91 Å². The number of ether oxygens (including phenoxy) is 2. The lowest BCUT2D eigenvalue weighted by atomic mass is 10.2. The van der Waals surface area contributed by atoms with Crippen molar-refractivity contribution in [2.24, 2.45) is 0 Å². The molecule has 0 heterocycles. The number of methoxy groups -OCH3 is 1. The molecule has 6 heteroatoms. The number of nitrogens with one attached hydrogen (secondary N) is 1. The summed E-state index contributed by atoms with van der Waals surface area (Å²) in [6.45, 7) is -0.261. The molecule has 0 fully saturated rings. The number of rotatable bonds is 5. The SMILES string of the molecule is COc1ccccc1OC(=O)CNC(=O)c1cccc(Cl)c1. The molecule has 2 aromatic rings. The second-order valence-electron chi connectivity index (χ2n) is 4.32. The number of hydrogen-bond donors (Lipinski definition) is 1. The second-order valence-corrected chi connectivity index (χ2v) is 4.75. The van der Waals surface area contributed by atoms with Crippen LogP contribution in [0.2, 0.25) is 5.02 Å². The van der Waals surface area contributed by atoms with Gasteiger partial charge >= 0.3 is 5.97 Å². The lowest BCUT2D eigenvalue weighted by Gasteiger charge is -2.09. The standard InChI is InChI=1S/C16H14ClNO4/c1-21-13-7-2-3-8-14(13)22-15(19)10-18-16(20)11-5-4-6-12(17)9-11/h2-9H,10H2,1H3,(H,18,20). The Bertz CT molecular complexity index is 687. The van der Waals surface area contributed by atoms with Crippen molar-refractivity contribution < 1.29 is 19.1 Å². The average Bonchev–Trinajstić information content (AvgIpc) is 2.53. The van der Waals surface area contributed by atoms with Crippen LogP contribution >= 0.6 is 11.6 Å². The van der Waals surface area contributed by atoms with E-state index >= 15 is 0 Å². The van der Waals surface area contributed by atoms with Gasteiger partial charge in [-0.15, -0.1) is 0 Å². The smallest absolute Gasteiger partial charge is 0.330 e. The highest BCUT2D eigenvalue weighted by Crippen LogP contribution is 2.25. The molecular formula is C16H14ClNO4. The molecule has 0 aromatic heterocycles. The van der Waals surface area contributed by atoms with E-state index in [0.29, 0.717) is 22.1 Å². The minimum absolute atomic E-state index is 0.261. The van der Waals surface area contributed by atoms with Gasteiger partial charge in [0.1, 0.15) is 6.54 Å². The van der Waals surface area contributed by atoms with E-state index in [0.717, 1.165) is 0 Å². The molecule has 0 aliphatic heterocycles. The third-order valence-corrected chi connectivity index (χ3v) is 3.01. The zero-order chi connectivity index (χ0) is 15.9. The summed E-state index contributed by atoms with van der Waals surface area (Å²) in [4.78, 5) is 23.6. The number of amides is 1. The Morgan fingerprint density at radius 3 is 2.50 bits per heavy atom. The first kappa shape index (κ1) is 15.9. The first-order chi connectivity index (χ1) is 10.6. The van der Waals surface area contributed by atoms with Crippen molar-refractivity contribution in [1.29, 1.82) is 0 Å². The van der Waals surface area contributed by atoms with Crippen LogP contribution in [0, 0.1) is 0 Å². The van der Waals surface area contributed by atoms with Crippen LogP contribution in [0.5, 0.6) is 11.5 Å². The van der Waals surface area contributed by atoms with E-state index in [1.165, 1.54) is 13.2 Å². The largest absolute Gasteiger partial charge is 0.493 e. The Labute approximate surface area is 132 Å². The van der Waals surface area contributed by atoms with E-state index in [1.807, 2.05) is 0 Å². The van der Waals surface area contributed by atoms with Gasteiger partial charge in [-0.05, 0) is 30.3 Å². The van der Waals surface area contributed by atoms with Crippen molar-refractivity contribution in [3.05, 3.63) is 59.1 Å². The third-order valence-electron chi connectivity index (χ3n) is 2.77. The summed E-state index contributed by atoms with van der Waals surface area (Å²) in [5, 5.41) is 2.92. The predicted molar refractivity (Wildman–Crippen MR) is 82.4 cm³/mol. The molecule has 1 amide bonds. The lowest BCUT2D eigenvalue weighted by Crippen LogP contribution is -2.31. The van der Waals surface area contributed by atoms with Crippen LogP contribution in [0.3, 0.4) is 0 Å². The maximum Gasteiger partial charge on any atom is 0.330 e. The normalized spacial score (nSPS) is 9.91. The summed E-state index contributed by atoms with van der Waals surface area (Å²) in [6, 6.07) is 13.2. The van der Waals surface area contributed by atoms with Crippen molar-refractivity contribution in [3.63, 3.8) is 0 Å². The molecular weight excluding hydrogens is 306 g/mol. The van der Waals surface area contributed by atoms with Gasteiger partial charge in [0.05, 0.1) is 7.11 Å². The maximum atomic E-state index is 11.9. The highest BCUT2D eigenvalue weighted by molar-refractivity contribution is 6.30. The van der Waals surface area contributed by atoms with Crippen LogP contribution in [0.4, 0.5) is 0 Å². The van der Waals surface area contributed by atoms with Gasteiger partial charge in [0.15, 0.2) is 11.5 Å². The Kier molecular flexibility index (Phi) is 5.38. The number of para-hydroxylation sites is 2. The van der Waals surface area contributed by atoms with Gasteiger partial charge in [-0.25, -0.2) is 4.79 Å². The summed E-state index contributed by atoms with van der Waals surface area (Å²) < 4.78 is 10.2. The monoisotopic (exact) mass is 319 g/mol. The Morgan fingerprint density at radius 1 is 1.09 bits per heavy atom. The molecule has 1 N–H and O–H groups in total. The van der Waals surface area contributed by atoms with Crippen LogP contribution in [0.15, 0.2) is 48.5 Å². The molecule has 0 aliphatic rings. The fourth-order valence-electron chi connectivity index (χ4n) is 1.75.